The molecule has 0 spiro atoms. The minimum atomic E-state index is -0.130. The minimum Gasteiger partial charge on any atom is -0.327 e. The summed E-state index contributed by atoms with van der Waals surface area (Å²) in [4.78, 5) is 14.5. The molecule has 0 saturated carbocycles. The number of carbonyl (C=O) groups excluding carboxylic acids is 1. The Hall–Kier alpha value is -2.55. The van der Waals surface area contributed by atoms with Gasteiger partial charge in [-0.1, -0.05) is 72.8 Å². The number of carbonyl (C=O) groups is 1. The van der Waals surface area contributed by atoms with Crippen molar-refractivity contribution in [3.8, 4) is 0 Å². The molecule has 1 aliphatic rings. The number of piperidine rings is 1. The largest absolute Gasteiger partial charge is 0.327 e. The number of rotatable bonds is 3. The summed E-state index contributed by atoms with van der Waals surface area (Å²) in [6.07, 6.45) is 1.80. The highest BCUT2D eigenvalue weighted by molar-refractivity contribution is 5.75. The zero-order chi connectivity index (χ0) is 16.1. The summed E-state index contributed by atoms with van der Waals surface area (Å²) in [5.41, 5.74) is 3.42. The van der Waals surface area contributed by atoms with E-state index in [0.717, 1.165) is 37.1 Å². The van der Waals surface area contributed by atoms with E-state index in [2.05, 4.69) is 36.2 Å². The van der Waals surface area contributed by atoms with Gasteiger partial charge in [-0.15, -0.1) is 0 Å². The van der Waals surface area contributed by atoms with Crippen LogP contribution in [0, 0.1) is 0 Å². The molecule has 1 saturated heterocycles. The van der Waals surface area contributed by atoms with Crippen molar-refractivity contribution in [2.24, 2.45) is 0 Å². The summed E-state index contributed by atoms with van der Waals surface area (Å²) in [7, 11) is 0. The molecule has 118 valence electrons. The van der Waals surface area contributed by atoms with Crippen LogP contribution in [0.4, 0.5) is 4.79 Å². The summed E-state index contributed by atoms with van der Waals surface area (Å²) in [6.45, 7) is 5.51. The summed E-state index contributed by atoms with van der Waals surface area (Å²) < 4.78 is 0. The maximum Gasteiger partial charge on any atom is 0.318 e. The molecule has 0 aromatic heterocycles. The van der Waals surface area contributed by atoms with E-state index < -0.39 is 0 Å². The van der Waals surface area contributed by atoms with Crippen LogP contribution in [0.1, 0.15) is 30.0 Å². The van der Waals surface area contributed by atoms with Crippen molar-refractivity contribution in [2.45, 2.75) is 18.9 Å². The Labute approximate surface area is 137 Å². The van der Waals surface area contributed by atoms with Crippen LogP contribution < -0.4 is 5.32 Å². The van der Waals surface area contributed by atoms with Gasteiger partial charge in [0, 0.05) is 13.1 Å². The van der Waals surface area contributed by atoms with Crippen molar-refractivity contribution in [3.05, 3.63) is 83.9 Å². The number of hydrogen-bond donors (Lipinski definition) is 1. The zero-order valence-corrected chi connectivity index (χ0v) is 13.2. The van der Waals surface area contributed by atoms with Crippen molar-refractivity contribution >= 4 is 6.03 Å². The van der Waals surface area contributed by atoms with Crippen molar-refractivity contribution in [1.82, 2.24) is 10.2 Å². The second-order valence-corrected chi connectivity index (χ2v) is 5.94. The van der Waals surface area contributed by atoms with Crippen molar-refractivity contribution in [3.63, 3.8) is 0 Å². The van der Waals surface area contributed by atoms with E-state index >= 15 is 0 Å². The molecule has 0 radical (unpaired) electrons. The quantitative estimate of drug-likeness (QED) is 0.849. The number of nitrogens with zero attached hydrogens (tertiary/aromatic N) is 1. The van der Waals surface area contributed by atoms with Gasteiger partial charge in [0.25, 0.3) is 0 Å². The second-order valence-electron chi connectivity index (χ2n) is 5.94. The lowest BCUT2D eigenvalue weighted by atomic mass is 9.99. The average Bonchev–Trinajstić information content (AvgIpc) is 2.61. The van der Waals surface area contributed by atoms with Crippen LogP contribution in [0.25, 0.3) is 0 Å². The van der Waals surface area contributed by atoms with E-state index in [4.69, 9.17) is 0 Å². The van der Waals surface area contributed by atoms with Gasteiger partial charge in [0.1, 0.15) is 0 Å². The van der Waals surface area contributed by atoms with Gasteiger partial charge in [0.15, 0.2) is 0 Å². The predicted molar refractivity (Wildman–Crippen MR) is 93.2 cm³/mol. The molecular formula is C20H22N2O. The first-order valence-electron chi connectivity index (χ1n) is 8.06. The highest BCUT2D eigenvalue weighted by Gasteiger charge is 2.22. The Balaban J connectivity index is 1.79. The van der Waals surface area contributed by atoms with Crippen molar-refractivity contribution in [1.29, 1.82) is 0 Å². The minimum absolute atomic E-state index is 0.00444. The molecule has 1 aliphatic heterocycles. The van der Waals surface area contributed by atoms with E-state index in [0.29, 0.717) is 0 Å². The molecule has 0 atom stereocenters. The van der Waals surface area contributed by atoms with E-state index in [1.165, 1.54) is 5.57 Å². The molecule has 3 nitrogen and oxygen atoms in total. The normalized spacial score (nSPS) is 14.8. The molecule has 1 fully saturated rings. The third-order valence-electron chi connectivity index (χ3n) is 4.29. The van der Waals surface area contributed by atoms with Crippen LogP contribution >= 0.6 is 0 Å². The van der Waals surface area contributed by atoms with E-state index in [1.807, 2.05) is 41.3 Å². The van der Waals surface area contributed by atoms with Gasteiger partial charge in [0.05, 0.1) is 6.04 Å². The van der Waals surface area contributed by atoms with Crippen LogP contribution in [0.5, 0.6) is 0 Å². The molecule has 2 aromatic carbocycles. The zero-order valence-electron chi connectivity index (χ0n) is 13.2. The summed E-state index contributed by atoms with van der Waals surface area (Å²) in [5, 5.41) is 3.19. The standard InChI is InChI=1S/C20H22N2O/c1-16-12-14-22(15-13-16)20(23)21-19(17-8-4-2-5-9-17)18-10-6-3-7-11-18/h2-11,19H,1,12-15H2,(H,21,23). The first kappa shape index (κ1) is 15.3. The molecule has 1 heterocycles. The summed E-state index contributed by atoms with van der Waals surface area (Å²) in [6, 6.07) is 20.1. The van der Waals surface area contributed by atoms with E-state index in [1.54, 1.807) is 0 Å². The lowest BCUT2D eigenvalue weighted by molar-refractivity contribution is 0.191. The average molecular weight is 306 g/mol. The molecule has 0 bridgehead atoms. The SMILES string of the molecule is C=C1CCN(C(=O)NC(c2ccccc2)c2ccccc2)CC1. The fourth-order valence-electron chi connectivity index (χ4n) is 2.89. The van der Waals surface area contributed by atoms with Crippen LogP contribution in [0.2, 0.25) is 0 Å². The monoisotopic (exact) mass is 306 g/mol. The van der Waals surface area contributed by atoms with E-state index in [-0.39, 0.29) is 12.1 Å². The molecule has 2 aromatic rings. The predicted octanol–water partition coefficient (Wildman–Crippen LogP) is 4.14. The van der Waals surface area contributed by atoms with Gasteiger partial charge < -0.3 is 10.2 Å². The van der Waals surface area contributed by atoms with Gasteiger partial charge in [-0.05, 0) is 24.0 Å². The topological polar surface area (TPSA) is 32.3 Å². The number of benzene rings is 2. The smallest absolute Gasteiger partial charge is 0.318 e. The number of amides is 2. The lowest BCUT2D eigenvalue weighted by Crippen LogP contribution is -2.44. The molecule has 2 amide bonds. The molecule has 1 N–H and O–H groups in total. The van der Waals surface area contributed by atoms with Gasteiger partial charge in [-0.25, -0.2) is 4.79 Å². The maximum atomic E-state index is 12.6. The summed E-state index contributed by atoms with van der Waals surface area (Å²) in [5.74, 6) is 0. The third-order valence-corrected chi connectivity index (χ3v) is 4.29. The van der Waals surface area contributed by atoms with Crippen LogP contribution in [-0.2, 0) is 0 Å². The van der Waals surface area contributed by atoms with Crippen LogP contribution in [-0.4, -0.2) is 24.0 Å². The number of likely N-dealkylation sites (tertiary alicyclic amines) is 1. The van der Waals surface area contributed by atoms with Gasteiger partial charge >= 0.3 is 6.03 Å². The first-order valence-corrected chi connectivity index (χ1v) is 8.06. The van der Waals surface area contributed by atoms with Crippen molar-refractivity contribution < 1.29 is 4.79 Å². The summed E-state index contributed by atoms with van der Waals surface area (Å²) >= 11 is 0. The molecule has 3 rings (SSSR count). The Kier molecular flexibility index (Phi) is 4.77. The maximum absolute atomic E-state index is 12.6. The van der Waals surface area contributed by atoms with Gasteiger partial charge in [-0.3, -0.25) is 0 Å². The number of hydrogen-bond acceptors (Lipinski definition) is 1. The van der Waals surface area contributed by atoms with Gasteiger partial charge in [-0.2, -0.15) is 0 Å². The Morgan fingerprint density at radius 2 is 1.39 bits per heavy atom. The van der Waals surface area contributed by atoms with E-state index in [9.17, 15) is 4.79 Å². The van der Waals surface area contributed by atoms with Crippen LogP contribution in [0.3, 0.4) is 0 Å². The third kappa shape index (κ3) is 3.81. The Bertz CT molecular complexity index is 617. The molecule has 0 unspecified atom stereocenters. The van der Waals surface area contributed by atoms with Crippen LogP contribution in [0.15, 0.2) is 72.8 Å². The fourth-order valence-corrected chi connectivity index (χ4v) is 2.89. The fraction of sp³-hybridized carbons (Fsp3) is 0.250. The van der Waals surface area contributed by atoms with Gasteiger partial charge in [0.2, 0.25) is 0 Å². The molecule has 3 heteroatoms. The Morgan fingerprint density at radius 1 is 0.913 bits per heavy atom. The highest BCUT2D eigenvalue weighted by atomic mass is 16.2. The molecule has 23 heavy (non-hydrogen) atoms. The first-order chi connectivity index (χ1) is 11.2. The molecule has 0 aliphatic carbocycles. The lowest BCUT2D eigenvalue weighted by Gasteiger charge is -2.30. The highest BCUT2D eigenvalue weighted by Crippen LogP contribution is 2.23. The van der Waals surface area contributed by atoms with Crippen molar-refractivity contribution in [2.75, 3.05) is 13.1 Å². The Morgan fingerprint density at radius 3 is 1.87 bits per heavy atom. The second kappa shape index (κ2) is 7.14. The number of nitrogens with one attached hydrogen (secondary N) is 1. The number of urea groups is 1. The molecular weight excluding hydrogens is 284 g/mol.